The van der Waals surface area contributed by atoms with Crippen LogP contribution in [0, 0.1) is 6.92 Å². The Morgan fingerprint density at radius 3 is 2.67 bits per heavy atom. The van der Waals surface area contributed by atoms with E-state index in [2.05, 4.69) is 49.5 Å². The molecule has 3 rings (SSSR count). The van der Waals surface area contributed by atoms with Crippen LogP contribution in [0.5, 0.6) is 0 Å². The van der Waals surface area contributed by atoms with Gasteiger partial charge in [-0.3, -0.25) is 4.98 Å². The number of hydrogen-bond acceptors (Lipinski definition) is 2. The van der Waals surface area contributed by atoms with Crippen molar-refractivity contribution in [1.82, 2.24) is 10.3 Å². The standard InChI is InChI=1S/C16H20N2/c1-12-11-15(16(2)7-9-17-10-8-16)18-14-6-4-3-5-13(12)14/h3-6,11,17H,7-10H2,1-2H3. The van der Waals surface area contributed by atoms with Crippen molar-refractivity contribution in [2.24, 2.45) is 0 Å². The van der Waals surface area contributed by atoms with Crippen LogP contribution in [-0.4, -0.2) is 18.1 Å². The second-order valence-corrected chi connectivity index (χ2v) is 5.65. The summed E-state index contributed by atoms with van der Waals surface area (Å²) in [5, 5.41) is 4.71. The zero-order valence-electron chi connectivity index (χ0n) is 11.2. The van der Waals surface area contributed by atoms with Crippen molar-refractivity contribution in [2.45, 2.75) is 32.1 Å². The fourth-order valence-electron chi connectivity index (χ4n) is 2.89. The summed E-state index contributed by atoms with van der Waals surface area (Å²) in [5.41, 5.74) is 3.97. The number of nitrogens with zero attached hydrogens (tertiary/aromatic N) is 1. The summed E-state index contributed by atoms with van der Waals surface area (Å²) in [6, 6.07) is 10.7. The van der Waals surface area contributed by atoms with Gasteiger partial charge in [0, 0.05) is 16.5 Å². The van der Waals surface area contributed by atoms with Gasteiger partial charge in [0.15, 0.2) is 0 Å². The second-order valence-electron chi connectivity index (χ2n) is 5.65. The van der Waals surface area contributed by atoms with Crippen molar-refractivity contribution in [1.29, 1.82) is 0 Å². The maximum Gasteiger partial charge on any atom is 0.0708 e. The van der Waals surface area contributed by atoms with Crippen molar-refractivity contribution in [3.05, 3.63) is 41.6 Å². The van der Waals surface area contributed by atoms with E-state index in [0.717, 1.165) is 18.6 Å². The van der Waals surface area contributed by atoms with Crippen molar-refractivity contribution >= 4 is 10.9 Å². The Hall–Kier alpha value is -1.41. The quantitative estimate of drug-likeness (QED) is 0.828. The summed E-state index contributed by atoms with van der Waals surface area (Å²) in [7, 11) is 0. The molecular formula is C16H20N2. The summed E-state index contributed by atoms with van der Waals surface area (Å²) < 4.78 is 0. The molecule has 1 fully saturated rings. The van der Waals surface area contributed by atoms with Crippen molar-refractivity contribution in [2.75, 3.05) is 13.1 Å². The third-order valence-corrected chi connectivity index (χ3v) is 4.25. The zero-order valence-corrected chi connectivity index (χ0v) is 11.2. The highest BCUT2D eigenvalue weighted by atomic mass is 14.9. The molecule has 0 spiro atoms. The van der Waals surface area contributed by atoms with Crippen LogP contribution in [0.2, 0.25) is 0 Å². The minimum atomic E-state index is 0.236. The van der Waals surface area contributed by atoms with Gasteiger partial charge in [-0.05, 0) is 50.6 Å². The van der Waals surface area contributed by atoms with Crippen LogP contribution in [0.25, 0.3) is 10.9 Å². The topological polar surface area (TPSA) is 24.9 Å². The number of benzene rings is 1. The first kappa shape index (κ1) is 11.7. The lowest BCUT2D eigenvalue weighted by Crippen LogP contribution is -2.38. The molecule has 0 bridgehead atoms. The lowest BCUT2D eigenvalue weighted by Gasteiger charge is -2.34. The molecule has 2 heteroatoms. The third-order valence-electron chi connectivity index (χ3n) is 4.25. The van der Waals surface area contributed by atoms with E-state index < -0.39 is 0 Å². The van der Waals surface area contributed by atoms with Gasteiger partial charge in [-0.15, -0.1) is 0 Å². The molecule has 0 radical (unpaired) electrons. The number of aromatic nitrogens is 1. The number of hydrogen-bond donors (Lipinski definition) is 1. The van der Waals surface area contributed by atoms with Crippen LogP contribution in [0.4, 0.5) is 0 Å². The number of rotatable bonds is 1. The highest BCUT2D eigenvalue weighted by Gasteiger charge is 2.30. The van der Waals surface area contributed by atoms with Crippen LogP contribution in [-0.2, 0) is 5.41 Å². The Balaban J connectivity index is 2.12. The number of piperidine rings is 1. The molecule has 1 N–H and O–H groups in total. The van der Waals surface area contributed by atoms with Crippen molar-refractivity contribution < 1.29 is 0 Å². The molecule has 1 aromatic heterocycles. The van der Waals surface area contributed by atoms with E-state index in [-0.39, 0.29) is 5.41 Å². The van der Waals surface area contributed by atoms with E-state index in [1.165, 1.54) is 29.5 Å². The van der Waals surface area contributed by atoms with E-state index in [9.17, 15) is 0 Å². The zero-order chi connectivity index (χ0) is 12.6. The van der Waals surface area contributed by atoms with Crippen molar-refractivity contribution in [3.8, 4) is 0 Å². The third kappa shape index (κ3) is 1.91. The number of pyridine rings is 1. The minimum Gasteiger partial charge on any atom is -0.317 e. The first-order valence-electron chi connectivity index (χ1n) is 6.77. The molecule has 2 nitrogen and oxygen atoms in total. The maximum absolute atomic E-state index is 4.90. The molecular weight excluding hydrogens is 220 g/mol. The van der Waals surface area contributed by atoms with E-state index in [0.29, 0.717) is 0 Å². The molecule has 1 aromatic carbocycles. The molecule has 0 saturated carbocycles. The molecule has 1 aliphatic rings. The summed E-state index contributed by atoms with van der Waals surface area (Å²) in [6.07, 6.45) is 2.36. The fraction of sp³-hybridized carbons (Fsp3) is 0.438. The first-order valence-corrected chi connectivity index (χ1v) is 6.77. The molecule has 0 atom stereocenters. The molecule has 0 aliphatic carbocycles. The highest BCUT2D eigenvalue weighted by Crippen LogP contribution is 2.33. The van der Waals surface area contributed by atoms with E-state index in [4.69, 9.17) is 4.98 Å². The van der Waals surface area contributed by atoms with Gasteiger partial charge < -0.3 is 5.32 Å². The molecule has 94 valence electrons. The smallest absolute Gasteiger partial charge is 0.0708 e. The Morgan fingerprint density at radius 1 is 1.17 bits per heavy atom. The number of para-hydroxylation sites is 1. The van der Waals surface area contributed by atoms with Crippen LogP contribution in [0.15, 0.2) is 30.3 Å². The molecule has 1 saturated heterocycles. The summed E-state index contributed by atoms with van der Waals surface area (Å²) in [4.78, 5) is 4.90. The number of fused-ring (bicyclic) bond motifs is 1. The Morgan fingerprint density at radius 2 is 1.89 bits per heavy atom. The lowest BCUT2D eigenvalue weighted by atomic mass is 9.77. The van der Waals surface area contributed by atoms with Gasteiger partial charge in [0.05, 0.1) is 5.52 Å². The average molecular weight is 240 g/mol. The number of aryl methyl sites for hydroxylation is 1. The summed E-state index contributed by atoms with van der Waals surface area (Å²) >= 11 is 0. The lowest BCUT2D eigenvalue weighted by molar-refractivity contribution is 0.328. The summed E-state index contributed by atoms with van der Waals surface area (Å²) in [6.45, 7) is 6.75. The summed E-state index contributed by atoms with van der Waals surface area (Å²) in [5.74, 6) is 0. The normalized spacial score (nSPS) is 19.0. The predicted octanol–water partition coefficient (Wildman–Crippen LogP) is 3.18. The fourth-order valence-corrected chi connectivity index (χ4v) is 2.89. The van der Waals surface area contributed by atoms with Gasteiger partial charge >= 0.3 is 0 Å². The monoisotopic (exact) mass is 240 g/mol. The van der Waals surface area contributed by atoms with Gasteiger partial charge in [0.1, 0.15) is 0 Å². The minimum absolute atomic E-state index is 0.236. The molecule has 18 heavy (non-hydrogen) atoms. The maximum atomic E-state index is 4.90. The average Bonchev–Trinajstić information content (AvgIpc) is 2.39. The van der Waals surface area contributed by atoms with E-state index >= 15 is 0 Å². The van der Waals surface area contributed by atoms with Gasteiger partial charge in [-0.25, -0.2) is 0 Å². The van der Waals surface area contributed by atoms with Crippen LogP contribution in [0.3, 0.4) is 0 Å². The van der Waals surface area contributed by atoms with Gasteiger partial charge in [-0.2, -0.15) is 0 Å². The molecule has 2 heterocycles. The van der Waals surface area contributed by atoms with E-state index in [1.807, 2.05) is 0 Å². The number of nitrogens with one attached hydrogen (secondary N) is 1. The predicted molar refractivity (Wildman–Crippen MR) is 75.9 cm³/mol. The second kappa shape index (κ2) is 4.36. The van der Waals surface area contributed by atoms with Crippen LogP contribution >= 0.6 is 0 Å². The molecule has 0 amide bonds. The van der Waals surface area contributed by atoms with Crippen molar-refractivity contribution in [3.63, 3.8) is 0 Å². The van der Waals surface area contributed by atoms with Gasteiger partial charge in [-0.1, -0.05) is 25.1 Å². The SMILES string of the molecule is Cc1cc(C2(C)CCNCC2)nc2ccccc12. The first-order chi connectivity index (χ1) is 8.69. The Bertz CT molecular complexity index is 568. The molecule has 0 unspecified atom stereocenters. The van der Waals surface area contributed by atoms with Gasteiger partial charge in [0.2, 0.25) is 0 Å². The Labute approximate surface area is 108 Å². The Kier molecular flexibility index (Phi) is 2.83. The largest absolute Gasteiger partial charge is 0.317 e. The van der Waals surface area contributed by atoms with Gasteiger partial charge in [0.25, 0.3) is 0 Å². The molecule has 2 aromatic rings. The van der Waals surface area contributed by atoms with Crippen LogP contribution in [0.1, 0.15) is 31.0 Å². The van der Waals surface area contributed by atoms with E-state index in [1.54, 1.807) is 0 Å². The highest BCUT2D eigenvalue weighted by molar-refractivity contribution is 5.82. The molecule has 1 aliphatic heterocycles. The van der Waals surface area contributed by atoms with Crippen LogP contribution < -0.4 is 5.32 Å².